The second-order valence-electron chi connectivity index (χ2n) is 2.38. The van der Waals surface area contributed by atoms with Gasteiger partial charge in [0.1, 0.15) is 0 Å². The average Bonchev–Trinajstić information content (AvgIpc) is 2.22. The number of nitrogens with one attached hydrogen (secondary N) is 1. The van der Waals surface area contributed by atoms with Gasteiger partial charge in [-0.3, -0.25) is 11.3 Å². The van der Waals surface area contributed by atoms with Gasteiger partial charge >= 0.3 is 0 Å². The van der Waals surface area contributed by atoms with E-state index in [0.717, 1.165) is 18.4 Å². The molecule has 0 saturated heterocycles. The number of rotatable bonds is 2. The number of nitrogens with two attached hydrogens (primary N) is 1. The molecule has 1 rings (SSSR count). The highest BCUT2D eigenvalue weighted by atomic mass is 35.5. The van der Waals surface area contributed by atoms with Gasteiger partial charge in [-0.1, -0.05) is 6.92 Å². The third kappa shape index (κ3) is 3.98. The lowest BCUT2D eigenvalue weighted by Gasteiger charge is -1.90. The summed E-state index contributed by atoms with van der Waals surface area (Å²) in [5.41, 5.74) is 2.66. The van der Waals surface area contributed by atoms with Gasteiger partial charge in [0.05, 0.1) is 0 Å². The first-order valence-electron chi connectivity index (χ1n) is 2.78. The van der Waals surface area contributed by atoms with Gasteiger partial charge in [0.15, 0.2) is 0 Å². The third-order valence-electron chi connectivity index (χ3n) is 1.66. The van der Waals surface area contributed by atoms with Crippen molar-refractivity contribution in [1.29, 1.82) is 0 Å². The molecule has 1 saturated carbocycles. The molecular formula is C5H14Cl2N2. The van der Waals surface area contributed by atoms with E-state index < -0.39 is 0 Å². The van der Waals surface area contributed by atoms with Crippen LogP contribution in [0.4, 0.5) is 0 Å². The summed E-state index contributed by atoms with van der Waals surface area (Å²) >= 11 is 0. The summed E-state index contributed by atoms with van der Waals surface area (Å²) in [7, 11) is 0. The quantitative estimate of drug-likeness (QED) is 0.482. The van der Waals surface area contributed by atoms with Gasteiger partial charge < -0.3 is 0 Å². The van der Waals surface area contributed by atoms with Crippen LogP contribution in [0.1, 0.15) is 13.3 Å². The second-order valence-corrected chi connectivity index (χ2v) is 2.38. The molecule has 0 heterocycles. The molecule has 0 bridgehead atoms. The molecule has 0 radical (unpaired) electrons. The lowest BCUT2D eigenvalue weighted by Crippen LogP contribution is -2.24. The molecule has 0 aliphatic heterocycles. The van der Waals surface area contributed by atoms with Crippen LogP contribution in [0, 0.1) is 11.8 Å². The van der Waals surface area contributed by atoms with Crippen molar-refractivity contribution in [3.8, 4) is 0 Å². The Morgan fingerprint density at radius 1 is 1.56 bits per heavy atom. The first kappa shape index (κ1) is 12.2. The molecule has 0 aromatic rings. The van der Waals surface area contributed by atoms with Crippen molar-refractivity contribution in [2.45, 2.75) is 13.3 Å². The van der Waals surface area contributed by atoms with E-state index >= 15 is 0 Å². The fourth-order valence-electron chi connectivity index (χ4n) is 0.835. The van der Waals surface area contributed by atoms with Gasteiger partial charge in [-0.2, -0.15) is 0 Å². The van der Waals surface area contributed by atoms with E-state index in [1.54, 1.807) is 0 Å². The van der Waals surface area contributed by atoms with E-state index in [1.807, 2.05) is 0 Å². The van der Waals surface area contributed by atoms with E-state index in [4.69, 9.17) is 5.84 Å². The van der Waals surface area contributed by atoms with Crippen molar-refractivity contribution >= 4 is 24.8 Å². The minimum absolute atomic E-state index is 0. The first-order valence-corrected chi connectivity index (χ1v) is 2.78. The predicted octanol–water partition coefficient (Wildman–Crippen LogP) is 0.949. The zero-order valence-corrected chi connectivity index (χ0v) is 7.10. The van der Waals surface area contributed by atoms with Crippen LogP contribution in [0.15, 0.2) is 0 Å². The van der Waals surface area contributed by atoms with Crippen LogP contribution in [0.3, 0.4) is 0 Å². The fraction of sp³-hybridized carbons (Fsp3) is 1.00. The van der Waals surface area contributed by atoms with Crippen LogP contribution >= 0.6 is 24.8 Å². The normalized spacial score (nSPS) is 30.0. The molecule has 0 spiro atoms. The summed E-state index contributed by atoms with van der Waals surface area (Å²) in [5.74, 6) is 6.89. The fourth-order valence-corrected chi connectivity index (χ4v) is 0.835. The van der Waals surface area contributed by atoms with E-state index in [9.17, 15) is 0 Å². The van der Waals surface area contributed by atoms with Crippen molar-refractivity contribution in [2.24, 2.45) is 17.7 Å². The van der Waals surface area contributed by atoms with Gasteiger partial charge in [0.25, 0.3) is 0 Å². The molecule has 58 valence electrons. The van der Waals surface area contributed by atoms with E-state index in [2.05, 4.69) is 12.3 Å². The Labute approximate surface area is 68.4 Å². The molecule has 2 unspecified atom stereocenters. The van der Waals surface area contributed by atoms with Crippen molar-refractivity contribution in [3.63, 3.8) is 0 Å². The molecule has 1 aliphatic rings. The number of hydrogen-bond donors (Lipinski definition) is 2. The van der Waals surface area contributed by atoms with Crippen molar-refractivity contribution in [2.75, 3.05) is 6.54 Å². The largest absolute Gasteiger partial charge is 0.271 e. The summed E-state index contributed by atoms with van der Waals surface area (Å²) in [6.45, 7) is 3.25. The molecule has 1 fully saturated rings. The molecule has 1 aliphatic carbocycles. The molecular weight excluding hydrogens is 159 g/mol. The Kier molecular flexibility index (Phi) is 7.18. The number of hydrazine groups is 1. The summed E-state index contributed by atoms with van der Waals surface area (Å²) in [6.07, 6.45) is 1.37. The van der Waals surface area contributed by atoms with Crippen LogP contribution in [0.2, 0.25) is 0 Å². The highest BCUT2D eigenvalue weighted by molar-refractivity contribution is 5.85. The Hall–Kier alpha value is 0.500. The van der Waals surface area contributed by atoms with Crippen LogP contribution in [-0.4, -0.2) is 6.54 Å². The van der Waals surface area contributed by atoms with Crippen LogP contribution in [0.5, 0.6) is 0 Å². The third-order valence-corrected chi connectivity index (χ3v) is 1.66. The highest BCUT2D eigenvalue weighted by Gasteiger charge is 2.31. The highest BCUT2D eigenvalue weighted by Crippen LogP contribution is 2.36. The topological polar surface area (TPSA) is 38.0 Å². The number of hydrogen-bond acceptors (Lipinski definition) is 2. The summed E-state index contributed by atoms with van der Waals surface area (Å²) in [6, 6.07) is 0. The molecule has 0 aromatic heterocycles. The molecule has 4 heteroatoms. The Bertz CT molecular complexity index is 70.0. The molecule has 2 atom stereocenters. The minimum atomic E-state index is 0. The molecule has 3 N–H and O–H groups in total. The molecule has 0 amide bonds. The van der Waals surface area contributed by atoms with Crippen LogP contribution < -0.4 is 11.3 Å². The summed E-state index contributed by atoms with van der Waals surface area (Å²) < 4.78 is 0. The lowest BCUT2D eigenvalue weighted by molar-refractivity contribution is 0.636. The van der Waals surface area contributed by atoms with E-state index in [-0.39, 0.29) is 24.8 Å². The monoisotopic (exact) mass is 172 g/mol. The van der Waals surface area contributed by atoms with Crippen molar-refractivity contribution < 1.29 is 0 Å². The van der Waals surface area contributed by atoms with Crippen molar-refractivity contribution in [3.05, 3.63) is 0 Å². The Balaban J connectivity index is 0. The SMILES string of the molecule is CC1CC1CNN.Cl.Cl. The Morgan fingerprint density at radius 2 is 2.00 bits per heavy atom. The Morgan fingerprint density at radius 3 is 2.11 bits per heavy atom. The zero-order chi connectivity index (χ0) is 5.28. The van der Waals surface area contributed by atoms with Crippen molar-refractivity contribution in [1.82, 2.24) is 5.43 Å². The van der Waals surface area contributed by atoms with Crippen LogP contribution in [0.25, 0.3) is 0 Å². The molecule has 0 aromatic carbocycles. The number of halogens is 2. The second kappa shape index (κ2) is 5.30. The van der Waals surface area contributed by atoms with Gasteiger partial charge in [-0.25, -0.2) is 0 Å². The minimum Gasteiger partial charge on any atom is -0.271 e. The standard InChI is InChI=1S/C5H12N2.2ClH/c1-4-2-5(4)3-7-6;;/h4-5,7H,2-3,6H2,1H3;2*1H. The predicted molar refractivity (Wildman–Crippen MR) is 44.0 cm³/mol. The average molecular weight is 173 g/mol. The maximum Gasteiger partial charge on any atom is 0.0128 e. The lowest BCUT2D eigenvalue weighted by atomic mass is 10.3. The van der Waals surface area contributed by atoms with Gasteiger partial charge in [0, 0.05) is 6.54 Å². The van der Waals surface area contributed by atoms with E-state index in [0.29, 0.717) is 0 Å². The van der Waals surface area contributed by atoms with E-state index in [1.165, 1.54) is 6.42 Å². The summed E-state index contributed by atoms with van der Waals surface area (Å²) in [5, 5.41) is 0. The zero-order valence-electron chi connectivity index (χ0n) is 5.46. The van der Waals surface area contributed by atoms with Gasteiger partial charge in [0.2, 0.25) is 0 Å². The first-order chi connectivity index (χ1) is 3.34. The molecule has 2 nitrogen and oxygen atoms in total. The maximum absolute atomic E-state index is 5.08. The molecule has 9 heavy (non-hydrogen) atoms. The van der Waals surface area contributed by atoms with Crippen LogP contribution in [-0.2, 0) is 0 Å². The van der Waals surface area contributed by atoms with Gasteiger partial charge in [-0.05, 0) is 18.3 Å². The van der Waals surface area contributed by atoms with Gasteiger partial charge in [-0.15, -0.1) is 24.8 Å². The smallest absolute Gasteiger partial charge is 0.0128 e. The maximum atomic E-state index is 5.08. The summed E-state index contributed by atoms with van der Waals surface area (Å²) in [4.78, 5) is 0.